The predicted octanol–water partition coefficient (Wildman–Crippen LogP) is 1.65. The van der Waals surface area contributed by atoms with E-state index in [2.05, 4.69) is 20.6 Å². The fourth-order valence-electron chi connectivity index (χ4n) is 2.93. The number of fused-ring (bicyclic) bond motifs is 1. The summed E-state index contributed by atoms with van der Waals surface area (Å²) in [5.74, 6) is -2.34. The van der Waals surface area contributed by atoms with Gasteiger partial charge in [0.25, 0.3) is 0 Å². The number of nitrogen functional groups attached to an aromatic ring is 2. The van der Waals surface area contributed by atoms with Gasteiger partial charge >= 0.3 is 0 Å². The molecule has 6 N–H and O–H groups in total. The van der Waals surface area contributed by atoms with Crippen LogP contribution in [0.5, 0.6) is 5.75 Å². The minimum atomic E-state index is -1.21. The quantitative estimate of drug-likeness (QED) is 0.449. The first-order valence-corrected chi connectivity index (χ1v) is 7.85. The molecule has 0 bridgehead atoms. The SMILES string of the molecule is COc1cc(C2N=C(NC#N)Nc3nc(N)c(C#N)c(N)c32)c(F)c(F)c1C. The number of anilines is 3. The third kappa shape index (κ3) is 2.75. The van der Waals surface area contributed by atoms with Crippen molar-refractivity contribution in [3.05, 3.63) is 40.0 Å². The second-order valence-corrected chi connectivity index (χ2v) is 5.82. The van der Waals surface area contributed by atoms with Gasteiger partial charge in [0, 0.05) is 16.7 Å². The van der Waals surface area contributed by atoms with Crippen LogP contribution in [0, 0.1) is 41.3 Å². The minimum absolute atomic E-state index is 0.0154. The molecular weight excluding hydrogens is 370 g/mol. The molecule has 1 aromatic heterocycles. The molecule has 1 unspecified atom stereocenters. The normalized spacial score (nSPS) is 14.8. The first kappa shape index (κ1) is 18.7. The molecule has 1 atom stereocenters. The van der Waals surface area contributed by atoms with E-state index in [9.17, 15) is 14.0 Å². The van der Waals surface area contributed by atoms with E-state index in [1.165, 1.54) is 20.1 Å². The largest absolute Gasteiger partial charge is 0.496 e. The van der Waals surface area contributed by atoms with E-state index in [0.29, 0.717) is 0 Å². The van der Waals surface area contributed by atoms with Gasteiger partial charge in [-0.15, -0.1) is 0 Å². The van der Waals surface area contributed by atoms with E-state index in [-0.39, 0.29) is 51.3 Å². The number of nitrogens with zero attached hydrogens (tertiary/aromatic N) is 4. The van der Waals surface area contributed by atoms with E-state index in [1.807, 2.05) is 6.07 Å². The van der Waals surface area contributed by atoms with Crippen LogP contribution in [0.1, 0.15) is 28.3 Å². The molecular formula is C17H14F2N8O. The van der Waals surface area contributed by atoms with Crippen LogP contribution in [0.15, 0.2) is 11.1 Å². The Morgan fingerprint density at radius 1 is 1.29 bits per heavy atom. The highest BCUT2D eigenvalue weighted by Crippen LogP contribution is 2.43. The average molecular weight is 384 g/mol. The molecule has 28 heavy (non-hydrogen) atoms. The zero-order valence-electron chi connectivity index (χ0n) is 14.8. The molecule has 0 saturated carbocycles. The zero-order valence-corrected chi connectivity index (χ0v) is 14.8. The topological polar surface area (TPSA) is 158 Å². The number of pyridine rings is 1. The predicted molar refractivity (Wildman–Crippen MR) is 97.1 cm³/mol. The van der Waals surface area contributed by atoms with Crippen molar-refractivity contribution in [2.75, 3.05) is 23.9 Å². The monoisotopic (exact) mass is 384 g/mol. The molecule has 1 aliphatic heterocycles. The van der Waals surface area contributed by atoms with Gasteiger partial charge in [0.2, 0.25) is 5.96 Å². The summed E-state index contributed by atoms with van der Waals surface area (Å²) in [6.07, 6.45) is 1.67. The second kappa shape index (κ2) is 6.89. The Balaban J connectivity index is 2.35. The number of ether oxygens (including phenoxy) is 1. The maximum Gasteiger partial charge on any atom is 0.211 e. The summed E-state index contributed by atoms with van der Waals surface area (Å²) in [6.45, 7) is 1.37. The number of rotatable bonds is 2. The Morgan fingerprint density at radius 2 is 2.00 bits per heavy atom. The summed E-state index contributed by atoms with van der Waals surface area (Å²) in [5.41, 5.74) is 11.5. The molecule has 1 aliphatic rings. The van der Waals surface area contributed by atoms with Crippen LogP contribution >= 0.6 is 0 Å². The fourth-order valence-corrected chi connectivity index (χ4v) is 2.93. The van der Waals surface area contributed by atoms with Gasteiger partial charge in [-0.1, -0.05) is 0 Å². The lowest BCUT2D eigenvalue weighted by atomic mass is 9.93. The lowest BCUT2D eigenvalue weighted by Crippen LogP contribution is -2.33. The van der Waals surface area contributed by atoms with E-state index in [4.69, 9.17) is 21.5 Å². The van der Waals surface area contributed by atoms with Gasteiger partial charge in [0.05, 0.1) is 12.8 Å². The highest BCUT2D eigenvalue weighted by Gasteiger charge is 2.33. The summed E-state index contributed by atoms with van der Waals surface area (Å²) in [6, 6.07) is 1.90. The van der Waals surface area contributed by atoms with Crippen molar-refractivity contribution in [2.24, 2.45) is 4.99 Å². The number of halogens is 2. The molecule has 0 radical (unpaired) electrons. The Morgan fingerprint density at radius 3 is 2.61 bits per heavy atom. The van der Waals surface area contributed by atoms with Crippen LogP contribution in [-0.2, 0) is 0 Å². The maximum absolute atomic E-state index is 14.8. The van der Waals surface area contributed by atoms with Crippen molar-refractivity contribution in [1.82, 2.24) is 10.3 Å². The lowest BCUT2D eigenvalue weighted by Gasteiger charge is -2.27. The Labute approximate surface area is 158 Å². The molecule has 0 saturated heterocycles. The van der Waals surface area contributed by atoms with Crippen molar-refractivity contribution in [3.8, 4) is 18.0 Å². The molecule has 142 valence electrons. The van der Waals surface area contributed by atoms with Crippen molar-refractivity contribution >= 4 is 23.3 Å². The van der Waals surface area contributed by atoms with Gasteiger partial charge in [-0.05, 0) is 13.0 Å². The van der Waals surface area contributed by atoms with Gasteiger partial charge < -0.3 is 21.5 Å². The van der Waals surface area contributed by atoms with E-state index in [0.717, 1.165) is 0 Å². The van der Waals surface area contributed by atoms with Crippen molar-refractivity contribution in [3.63, 3.8) is 0 Å². The number of methoxy groups -OCH3 is 1. The third-order valence-electron chi connectivity index (χ3n) is 4.30. The number of aromatic nitrogens is 1. The van der Waals surface area contributed by atoms with Crippen LogP contribution < -0.4 is 26.8 Å². The van der Waals surface area contributed by atoms with E-state index < -0.39 is 17.7 Å². The van der Waals surface area contributed by atoms with E-state index >= 15 is 0 Å². The van der Waals surface area contributed by atoms with Crippen LogP contribution in [0.3, 0.4) is 0 Å². The first-order chi connectivity index (χ1) is 13.3. The number of guanidine groups is 1. The molecule has 11 heteroatoms. The number of nitriles is 2. The molecule has 0 spiro atoms. The van der Waals surface area contributed by atoms with Crippen LogP contribution in [0.4, 0.5) is 26.1 Å². The van der Waals surface area contributed by atoms with Crippen molar-refractivity contribution in [1.29, 1.82) is 10.5 Å². The molecule has 9 nitrogen and oxygen atoms in total. The van der Waals surface area contributed by atoms with Crippen molar-refractivity contribution in [2.45, 2.75) is 13.0 Å². The summed E-state index contributed by atoms with van der Waals surface area (Å²) in [7, 11) is 1.32. The number of hydrogen-bond donors (Lipinski definition) is 4. The molecule has 2 aromatic rings. The Bertz CT molecular complexity index is 1100. The van der Waals surface area contributed by atoms with Crippen molar-refractivity contribution < 1.29 is 13.5 Å². The molecule has 0 amide bonds. The highest BCUT2D eigenvalue weighted by molar-refractivity contribution is 5.98. The number of nitrogens with one attached hydrogen (secondary N) is 2. The Kier molecular flexibility index (Phi) is 4.59. The summed E-state index contributed by atoms with van der Waals surface area (Å²) >= 11 is 0. The second-order valence-electron chi connectivity index (χ2n) is 5.82. The minimum Gasteiger partial charge on any atom is -0.496 e. The lowest BCUT2D eigenvalue weighted by molar-refractivity contribution is 0.398. The summed E-state index contributed by atoms with van der Waals surface area (Å²) in [5, 5.41) is 23.1. The van der Waals surface area contributed by atoms with Crippen LogP contribution in [0.25, 0.3) is 0 Å². The van der Waals surface area contributed by atoms with Gasteiger partial charge in [-0.2, -0.15) is 10.5 Å². The molecule has 2 heterocycles. The van der Waals surface area contributed by atoms with Gasteiger partial charge in [0.1, 0.15) is 35.1 Å². The molecule has 0 fully saturated rings. The zero-order chi connectivity index (χ0) is 20.6. The van der Waals surface area contributed by atoms with E-state index in [1.54, 1.807) is 6.19 Å². The molecule has 1 aromatic carbocycles. The maximum atomic E-state index is 14.8. The molecule has 0 aliphatic carbocycles. The number of benzene rings is 1. The Hall–Kier alpha value is -4.12. The fraction of sp³-hybridized carbons (Fsp3) is 0.176. The molecule has 3 rings (SSSR count). The summed E-state index contributed by atoms with van der Waals surface area (Å²) < 4.78 is 34.3. The average Bonchev–Trinajstić information content (AvgIpc) is 2.66. The van der Waals surface area contributed by atoms with Gasteiger partial charge in [0.15, 0.2) is 17.8 Å². The third-order valence-corrected chi connectivity index (χ3v) is 4.30. The number of aliphatic imine (C=N–C) groups is 1. The number of hydrogen-bond acceptors (Lipinski definition) is 9. The number of nitrogens with two attached hydrogens (primary N) is 2. The van der Waals surface area contributed by atoms with Gasteiger partial charge in [-0.25, -0.2) is 18.8 Å². The first-order valence-electron chi connectivity index (χ1n) is 7.85. The standard InChI is InChI=1S/C17H14F2N8O/c1-6-9(28-2)3-7(12(19)11(6)18)14-10-13(22)8(4-20)15(23)26-16(10)27-17(25-14)24-5-21/h3,14H,1-2H3,(H6,22,23,24,25,26,27). The van der Waals surface area contributed by atoms with Crippen LogP contribution in [0.2, 0.25) is 0 Å². The highest BCUT2D eigenvalue weighted by atomic mass is 19.2. The smallest absolute Gasteiger partial charge is 0.211 e. The van der Waals surface area contributed by atoms with Gasteiger partial charge in [-0.3, -0.25) is 5.32 Å². The summed E-state index contributed by atoms with van der Waals surface area (Å²) in [4.78, 5) is 8.25. The van der Waals surface area contributed by atoms with Crippen LogP contribution in [-0.4, -0.2) is 18.1 Å².